The fraction of sp³-hybridized carbons (Fsp3) is 0.609. The second-order valence-corrected chi connectivity index (χ2v) is 8.76. The molecule has 1 aromatic carbocycles. The maximum absolute atomic E-state index is 5.69. The van der Waals surface area contributed by atoms with Gasteiger partial charge in [0.2, 0.25) is 5.89 Å². The van der Waals surface area contributed by atoms with E-state index >= 15 is 0 Å². The highest BCUT2D eigenvalue weighted by Crippen LogP contribution is 2.29. The number of nitrogens with zero attached hydrogens (tertiary/aromatic N) is 5. The average molecular weight is 409 g/mol. The molecule has 5 rings (SSSR count). The number of nitrogens with one attached hydrogen (secondary N) is 1. The molecule has 1 N–H and O–H groups in total. The van der Waals surface area contributed by atoms with Crippen LogP contribution in [0, 0.1) is 5.92 Å². The molecule has 2 saturated heterocycles. The van der Waals surface area contributed by atoms with Gasteiger partial charge >= 0.3 is 0 Å². The van der Waals surface area contributed by atoms with Crippen molar-refractivity contribution in [3.8, 4) is 5.95 Å². The topological polar surface area (TPSA) is 72.0 Å². The zero-order chi connectivity index (χ0) is 20.3. The molecule has 4 heterocycles. The molecule has 2 aliphatic heterocycles. The fourth-order valence-corrected chi connectivity index (χ4v) is 4.96. The Morgan fingerprint density at radius 2 is 1.90 bits per heavy atom. The molecule has 0 spiro atoms. The molecule has 3 aromatic rings. The summed E-state index contributed by atoms with van der Waals surface area (Å²) in [5.74, 6) is 2.57. The Morgan fingerprint density at radius 1 is 1.10 bits per heavy atom. The lowest BCUT2D eigenvalue weighted by atomic mass is 9.93. The van der Waals surface area contributed by atoms with Crippen molar-refractivity contribution in [3.05, 3.63) is 35.9 Å². The first-order valence-electron chi connectivity index (χ1n) is 11.6. The summed E-state index contributed by atoms with van der Waals surface area (Å²) >= 11 is 0. The number of hydrogen-bond acceptors (Lipinski definition) is 6. The van der Waals surface area contributed by atoms with E-state index < -0.39 is 0 Å². The van der Waals surface area contributed by atoms with Crippen LogP contribution in [0.15, 0.2) is 28.8 Å². The molecule has 30 heavy (non-hydrogen) atoms. The molecule has 0 amide bonds. The van der Waals surface area contributed by atoms with Crippen molar-refractivity contribution in [1.82, 2.24) is 30.1 Å². The molecule has 2 fully saturated rings. The molecule has 7 nitrogen and oxygen atoms in total. The molecule has 0 radical (unpaired) electrons. The van der Waals surface area contributed by atoms with Gasteiger partial charge in [-0.1, -0.05) is 25.1 Å². The Balaban J connectivity index is 1.22. The second-order valence-electron chi connectivity index (χ2n) is 8.76. The SMILES string of the molecule is CCc1nn(-c2noc(C3CCN(CCC4CCNCC4)CC3)n2)c2ccccc12. The molecule has 160 valence electrons. The molecule has 2 aromatic heterocycles. The smallest absolute Gasteiger partial charge is 0.291 e. The van der Waals surface area contributed by atoms with E-state index in [1.165, 1.54) is 38.9 Å². The van der Waals surface area contributed by atoms with Gasteiger partial charge in [0.15, 0.2) is 0 Å². The minimum absolute atomic E-state index is 0.355. The van der Waals surface area contributed by atoms with Crippen molar-refractivity contribution < 1.29 is 4.52 Å². The summed E-state index contributed by atoms with van der Waals surface area (Å²) in [6.07, 6.45) is 7.07. The lowest BCUT2D eigenvalue weighted by Crippen LogP contribution is -2.36. The summed E-state index contributed by atoms with van der Waals surface area (Å²) in [5.41, 5.74) is 2.11. The van der Waals surface area contributed by atoms with Gasteiger partial charge in [-0.25, -0.2) is 0 Å². The lowest BCUT2D eigenvalue weighted by Gasteiger charge is -2.32. The quantitative estimate of drug-likeness (QED) is 0.673. The summed E-state index contributed by atoms with van der Waals surface area (Å²) in [7, 11) is 0. The number of para-hydroxylation sites is 1. The van der Waals surface area contributed by atoms with Gasteiger partial charge in [0.1, 0.15) is 0 Å². The standard InChI is InChI=1S/C23H32N6O/c1-2-20-19-5-3-4-6-21(19)29(26-20)23-25-22(30-27-23)18-10-15-28(16-11-18)14-9-17-7-12-24-13-8-17/h3-6,17-18,24H,2,7-16H2,1H3. The van der Waals surface area contributed by atoms with Crippen molar-refractivity contribution in [3.63, 3.8) is 0 Å². The van der Waals surface area contributed by atoms with Crippen molar-refractivity contribution in [2.75, 3.05) is 32.7 Å². The minimum Gasteiger partial charge on any atom is -0.337 e. The van der Waals surface area contributed by atoms with Gasteiger partial charge in [0.05, 0.1) is 11.2 Å². The van der Waals surface area contributed by atoms with Gasteiger partial charge < -0.3 is 14.7 Å². The largest absolute Gasteiger partial charge is 0.337 e. The van der Waals surface area contributed by atoms with Crippen LogP contribution in [0.5, 0.6) is 0 Å². The summed E-state index contributed by atoms with van der Waals surface area (Å²) in [5, 5.41) is 13.6. The van der Waals surface area contributed by atoms with Crippen LogP contribution in [0.4, 0.5) is 0 Å². The summed E-state index contributed by atoms with van der Waals surface area (Å²) in [4.78, 5) is 7.36. The van der Waals surface area contributed by atoms with E-state index in [0.717, 1.165) is 60.8 Å². The molecular weight excluding hydrogens is 376 g/mol. The van der Waals surface area contributed by atoms with E-state index in [9.17, 15) is 0 Å². The van der Waals surface area contributed by atoms with Crippen LogP contribution in [-0.4, -0.2) is 57.5 Å². The monoisotopic (exact) mass is 408 g/mol. The third kappa shape index (κ3) is 4.01. The van der Waals surface area contributed by atoms with Gasteiger partial charge in [0, 0.05) is 11.3 Å². The summed E-state index contributed by atoms with van der Waals surface area (Å²) in [6, 6.07) is 8.26. The first-order valence-corrected chi connectivity index (χ1v) is 11.6. The Morgan fingerprint density at radius 3 is 2.70 bits per heavy atom. The van der Waals surface area contributed by atoms with Gasteiger partial charge in [-0.3, -0.25) is 0 Å². The van der Waals surface area contributed by atoms with Crippen molar-refractivity contribution in [2.24, 2.45) is 5.92 Å². The number of rotatable bonds is 6. The van der Waals surface area contributed by atoms with Gasteiger partial charge in [0.25, 0.3) is 5.95 Å². The molecule has 0 saturated carbocycles. The van der Waals surface area contributed by atoms with E-state index in [1.54, 1.807) is 0 Å². The predicted molar refractivity (Wildman–Crippen MR) is 117 cm³/mol. The van der Waals surface area contributed by atoms with Crippen LogP contribution in [0.2, 0.25) is 0 Å². The number of fused-ring (bicyclic) bond motifs is 1. The number of piperidine rings is 2. The van der Waals surface area contributed by atoms with Crippen LogP contribution in [0.1, 0.15) is 56.5 Å². The first-order chi connectivity index (χ1) is 14.8. The van der Waals surface area contributed by atoms with E-state index in [-0.39, 0.29) is 0 Å². The van der Waals surface area contributed by atoms with Gasteiger partial charge in [-0.05, 0) is 88.4 Å². The highest BCUT2D eigenvalue weighted by atomic mass is 16.5. The number of hydrogen-bond donors (Lipinski definition) is 1. The fourth-order valence-electron chi connectivity index (χ4n) is 4.96. The number of aryl methyl sites for hydroxylation is 1. The normalized spacial score (nSPS) is 19.6. The highest BCUT2D eigenvalue weighted by molar-refractivity contribution is 5.83. The number of benzene rings is 1. The Kier molecular flexibility index (Phi) is 5.82. The molecule has 0 bridgehead atoms. The van der Waals surface area contributed by atoms with Crippen LogP contribution in [0.3, 0.4) is 0 Å². The van der Waals surface area contributed by atoms with Gasteiger partial charge in [-0.2, -0.15) is 14.8 Å². The third-order valence-corrected chi connectivity index (χ3v) is 6.87. The maximum Gasteiger partial charge on any atom is 0.291 e. The molecule has 0 aliphatic carbocycles. The second kappa shape index (κ2) is 8.86. The third-order valence-electron chi connectivity index (χ3n) is 6.87. The Hall–Kier alpha value is -2.25. The van der Waals surface area contributed by atoms with E-state index in [1.807, 2.05) is 16.8 Å². The van der Waals surface area contributed by atoms with Crippen molar-refractivity contribution in [2.45, 2.75) is 51.4 Å². The highest BCUT2D eigenvalue weighted by Gasteiger charge is 2.26. The predicted octanol–water partition coefficient (Wildman–Crippen LogP) is 3.54. The van der Waals surface area contributed by atoms with Crippen molar-refractivity contribution >= 4 is 10.9 Å². The molecule has 7 heteroatoms. The number of likely N-dealkylation sites (tertiary alicyclic amines) is 1. The minimum atomic E-state index is 0.355. The van der Waals surface area contributed by atoms with Crippen LogP contribution >= 0.6 is 0 Å². The van der Waals surface area contributed by atoms with Crippen LogP contribution in [0.25, 0.3) is 16.9 Å². The lowest BCUT2D eigenvalue weighted by molar-refractivity contribution is 0.178. The number of aromatic nitrogens is 4. The average Bonchev–Trinajstić information content (AvgIpc) is 3.44. The summed E-state index contributed by atoms with van der Waals surface area (Å²) < 4.78 is 7.52. The Bertz CT molecular complexity index is 965. The molecule has 0 unspecified atom stereocenters. The van der Waals surface area contributed by atoms with Crippen LogP contribution < -0.4 is 5.32 Å². The van der Waals surface area contributed by atoms with E-state index in [0.29, 0.717) is 11.9 Å². The first kappa shape index (κ1) is 19.7. The van der Waals surface area contributed by atoms with Gasteiger partial charge in [-0.15, -0.1) is 0 Å². The zero-order valence-electron chi connectivity index (χ0n) is 17.9. The maximum atomic E-state index is 5.69. The van der Waals surface area contributed by atoms with Crippen molar-refractivity contribution in [1.29, 1.82) is 0 Å². The van der Waals surface area contributed by atoms with E-state index in [2.05, 4.69) is 34.4 Å². The Labute approximate surface area is 177 Å². The molecule has 2 aliphatic rings. The van der Waals surface area contributed by atoms with E-state index in [4.69, 9.17) is 14.6 Å². The van der Waals surface area contributed by atoms with Crippen LogP contribution in [-0.2, 0) is 6.42 Å². The molecule has 0 atom stereocenters. The summed E-state index contributed by atoms with van der Waals surface area (Å²) in [6.45, 7) is 7.98. The molecular formula is C23H32N6O. The zero-order valence-corrected chi connectivity index (χ0v) is 17.9.